The summed E-state index contributed by atoms with van der Waals surface area (Å²) in [5, 5.41) is 11.4. The van der Waals surface area contributed by atoms with Crippen LogP contribution in [0.2, 0.25) is 0 Å². The molecule has 0 radical (unpaired) electrons. The normalized spacial score (nSPS) is 12.5. The molecule has 9 nitrogen and oxygen atoms in total. The molecule has 10 heteroatoms. The third-order valence-corrected chi connectivity index (χ3v) is 4.71. The quantitative estimate of drug-likeness (QED) is 0.557. The highest BCUT2D eigenvalue weighted by molar-refractivity contribution is 7.99. The minimum atomic E-state index is -0.360. The monoisotopic (exact) mass is 392 g/mol. The number of ether oxygens (including phenoxy) is 3. The Morgan fingerprint density at radius 3 is 2.81 bits per heavy atom. The highest BCUT2D eigenvalue weighted by Crippen LogP contribution is 2.32. The van der Waals surface area contributed by atoms with Gasteiger partial charge in [-0.3, -0.25) is 9.59 Å². The van der Waals surface area contributed by atoms with Crippen molar-refractivity contribution in [1.29, 1.82) is 0 Å². The lowest BCUT2D eigenvalue weighted by Gasteiger charge is -2.18. The molecule has 2 heterocycles. The molecular formula is C17H20N4O5S. The van der Waals surface area contributed by atoms with Crippen molar-refractivity contribution in [2.24, 2.45) is 7.05 Å². The molecule has 1 N–H and O–H groups in total. The van der Waals surface area contributed by atoms with E-state index < -0.39 is 0 Å². The zero-order valence-corrected chi connectivity index (χ0v) is 15.9. The Morgan fingerprint density at radius 2 is 2.04 bits per heavy atom. The van der Waals surface area contributed by atoms with Gasteiger partial charge in [-0.05, 0) is 19.1 Å². The number of hydrogen-bond donors (Lipinski definition) is 1. The number of nitrogens with zero attached hydrogens (tertiary/aromatic N) is 3. The van der Waals surface area contributed by atoms with Gasteiger partial charge >= 0.3 is 5.97 Å². The molecular weight excluding hydrogens is 372 g/mol. The molecule has 0 atom stereocenters. The van der Waals surface area contributed by atoms with Gasteiger partial charge in [-0.15, -0.1) is 10.2 Å². The third kappa shape index (κ3) is 4.91. The molecule has 0 saturated heterocycles. The molecule has 27 heavy (non-hydrogen) atoms. The van der Waals surface area contributed by atoms with Crippen molar-refractivity contribution < 1.29 is 23.8 Å². The van der Waals surface area contributed by atoms with E-state index in [1.54, 1.807) is 36.7 Å². The molecule has 0 fully saturated rings. The Labute approximate surface area is 160 Å². The van der Waals surface area contributed by atoms with E-state index in [1.807, 2.05) is 0 Å². The zero-order chi connectivity index (χ0) is 19.2. The number of fused-ring (bicyclic) bond motifs is 1. The lowest BCUT2D eigenvalue weighted by atomic mass is 10.2. The average Bonchev–Trinajstić information content (AvgIpc) is 3.00. The maximum absolute atomic E-state index is 12.2. The van der Waals surface area contributed by atoms with E-state index in [9.17, 15) is 9.59 Å². The number of rotatable bonds is 7. The second-order valence-corrected chi connectivity index (χ2v) is 6.58. The molecule has 1 aliphatic heterocycles. The highest BCUT2D eigenvalue weighted by Gasteiger charge is 2.16. The summed E-state index contributed by atoms with van der Waals surface area (Å²) in [4.78, 5) is 23.8. The smallest absolute Gasteiger partial charge is 0.313 e. The molecule has 2 aromatic rings. The Morgan fingerprint density at radius 1 is 1.26 bits per heavy atom. The molecule has 0 spiro atoms. The van der Waals surface area contributed by atoms with Gasteiger partial charge in [0, 0.05) is 18.8 Å². The minimum Gasteiger partial charge on any atom is -0.486 e. The van der Waals surface area contributed by atoms with Crippen molar-refractivity contribution in [2.75, 3.05) is 30.9 Å². The lowest BCUT2D eigenvalue weighted by molar-refractivity contribution is -0.142. The summed E-state index contributed by atoms with van der Waals surface area (Å²) in [6.45, 7) is 3.07. The Kier molecular flexibility index (Phi) is 6.17. The van der Waals surface area contributed by atoms with Crippen molar-refractivity contribution in [2.45, 2.75) is 18.5 Å². The van der Waals surface area contributed by atoms with Gasteiger partial charge in [-0.1, -0.05) is 11.8 Å². The number of aromatic nitrogens is 3. The highest BCUT2D eigenvalue weighted by atomic mass is 32.2. The van der Waals surface area contributed by atoms with Gasteiger partial charge in [0.15, 0.2) is 16.7 Å². The Bertz CT molecular complexity index is 839. The van der Waals surface area contributed by atoms with Gasteiger partial charge in [0.2, 0.25) is 5.91 Å². The van der Waals surface area contributed by atoms with Crippen molar-refractivity contribution in [3.05, 3.63) is 24.0 Å². The molecule has 0 bridgehead atoms. The Hall–Kier alpha value is -2.75. The predicted octanol–water partition coefficient (Wildman–Crippen LogP) is 1.42. The van der Waals surface area contributed by atoms with E-state index in [2.05, 4.69) is 15.5 Å². The largest absolute Gasteiger partial charge is 0.486 e. The summed E-state index contributed by atoms with van der Waals surface area (Å²) < 4.78 is 17.5. The second-order valence-electron chi connectivity index (χ2n) is 5.63. The van der Waals surface area contributed by atoms with E-state index in [0.29, 0.717) is 48.0 Å². The van der Waals surface area contributed by atoms with Gasteiger partial charge in [-0.25, -0.2) is 0 Å². The maximum Gasteiger partial charge on any atom is 0.313 e. The van der Waals surface area contributed by atoms with Crippen LogP contribution in [-0.4, -0.2) is 52.2 Å². The van der Waals surface area contributed by atoms with Gasteiger partial charge in [0.1, 0.15) is 25.5 Å². The number of anilines is 1. The number of carbonyl (C=O) groups excluding carboxylic acids is 2. The number of thioether (sulfide) groups is 1. The molecule has 0 aliphatic carbocycles. The number of esters is 1. The van der Waals surface area contributed by atoms with E-state index in [-0.39, 0.29) is 24.1 Å². The topological polar surface area (TPSA) is 105 Å². The van der Waals surface area contributed by atoms with Crippen LogP contribution in [0.5, 0.6) is 11.5 Å². The van der Waals surface area contributed by atoms with Crippen LogP contribution in [0.25, 0.3) is 0 Å². The van der Waals surface area contributed by atoms with Crippen LogP contribution in [0.15, 0.2) is 23.4 Å². The van der Waals surface area contributed by atoms with Crippen LogP contribution in [0.4, 0.5) is 5.69 Å². The van der Waals surface area contributed by atoms with Crippen molar-refractivity contribution >= 4 is 29.3 Å². The first kappa shape index (κ1) is 19.0. The van der Waals surface area contributed by atoms with Gasteiger partial charge in [-0.2, -0.15) is 0 Å². The van der Waals surface area contributed by atoms with Crippen molar-refractivity contribution in [3.8, 4) is 11.5 Å². The molecule has 3 rings (SSSR count). The number of benzene rings is 1. The summed E-state index contributed by atoms with van der Waals surface area (Å²) in [5.74, 6) is 1.38. The van der Waals surface area contributed by atoms with Crippen LogP contribution in [0.3, 0.4) is 0 Å². The van der Waals surface area contributed by atoms with Gasteiger partial charge < -0.3 is 24.1 Å². The van der Waals surface area contributed by atoms with Crippen LogP contribution in [-0.2, 0) is 27.8 Å². The summed E-state index contributed by atoms with van der Waals surface area (Å²) in [7, 11) is 1.75. The van der Waals surface area contributed by atoms with Gasteiger partial charge in [0.05, 0.1) is 12.4 Å². The summed E-state index contributed by atoms with van der Waals surface area (Å²) in [6, 6.07) is 5.26. The minimum absolute atomic E-state index is 0.0429. The number of carbonyl (C=O) groups is 2. The first-order valence-electron chi connectivity index (χ1n) is 8.43. The third-order valence-electron chi connectivity index (χ3n) is 3.69. The SMILES string of the molecule is CCOC(=O)Cc1nnc(SCC(=O)Nc2ccc3c(c2)OCCO3)n1C. The fourth-order valence-corrected chi connectivity index (χ4v) is 3.14. The van der Waals surface area contributed by atoms with Crippen LogP contribution >= 0.6 is 11.8 Å². The first-order chi connectivity index (χ1) is 13.1. The van der Waals surface area contributed by atoms with Crippen LogP contribution in [0.1, 0.15) is 12.7 Å². The molecule has 1 aromatic carbocycles. The average molecular weight is 392 g/mol. The van der Waals surface area contributed by atoms with E-state index in [0.717, 1.165) is 0 Å². The zero-order valence-electron chi connectivity index (χ0n) is 15.1. The summed E-state index contributed by atoms with van der Waals surface area (Å²) in [6.07, 6.45) is 0.0429. The molecule has 144 valence electrons. The number of nitrogens with one attached hydrogen (secondary N) is 1. The van der Waals surface area contributed by atoms with E-state index >= 15 is 0 Å². The predicted molar refractivity (Wildman–Crippen MR) is 98.1 cm³/mol. The van der Waals surface area contributed by atoms with Crippen LogP contribution in [0, 0.1) is 0 Å². The molecule has 1 aliphatic rings. The van der Waals surface area contributed by atoms with E-state index in [1.165, 1.54) is 11.8 Å². The molecule has 0 unspecified atom stereocenters. The van der Waals surface area contributed by atoms with E-state index in [4.69, 9.17) is 14.2 Å². The summed E-state index contributed by atoms with van der Waals surface area (Å²) >= 11 is 1.23. The number of amides is 1. The second kappa shape index (κ2) is 8.76. The fraction of sp³-hybridized carbons (Fsp3) is 0.412. The molecule has 1 aromatic heterocycles. The maximum atomic E-state index is 12.2. The fourth-order valence-electron chi connectivity index (χ4n) is 2.41. The molecule has 0 saturated carbocycles. The lowest BCUT2D eigenvalue weighted by Crippen LogP contribution is -2.17. The van der Waals surface area contributed by atoms with Crippen molar-refractivity contribution in [3.63, 3.8) is 0 Å². The van der Waals surface area contributed by atoms with Crippen molar-refractivity contribution in [1.82, 2.24) is 14.8 Å². The van der Waals surface area contributed by atoms with Crippen LogP contribution < -0.4 is 14.8 Å². The van der Waals surface area contributed by atoms with Gasteiger partial charge in [0.25, 0.3) is 0 Å². The Balaban J connectivity index is 1.53. The number of hydrogen-bond acceptors (Lipinski definition) is 8. The standard InChI is InChI=1S/C17H20N4O5S/c1-3-24-16(23)9-14-19-20-17(21(14)2)27-10-15(22)18-11-4-5-12-13(8-11)26-7-6-25-12/h4-5,8H,3,6-7,9-10H2,1-2H3,(H,18,22). The summed E-state index contributed by atoms with van der Waals surface area (Å²) in [5.41, 5.74) is 0.630. The molecule has 1 amide bonds. The first-order valence-corrected chi connectivity index (χ1v) is 9.41.